The number of aromatic nitrogens is 1. The van der Waals surface area contributed by atoms with Crippen LogP contribution in [0.25, 0.3) is 21.7 Å². The Kier molecular flexibility index (Phi) is 4.76. The SMILES string of the molecule is C[C@H](OC(=O)Cc1noc2ccccc12)C(=O)Nc1cccc2ccccc12. The number of nitrogens with one attached hydrogen (secondary N) is 1. The molecule has 28 heavy (non-hydrogen) atoms. The molecule has 1 atom stereocenters. The molecule has 0 fully saturated rings. The summed E-state index contributed by atoms with van der Waals surface area (Å²) >= 11 is 0. The van der Waals surface area contributed by atoms with E-state index in [0.717, 1.165) is 16.2 Å². The van der Waals surface area contributed by atoms with Crippen LogP contribution in [0, 0.1) is 0 Å². The Hall–Kier alpha value is -3.67. The number of hydrogen-bond acceptors (Lipinski definition) is 5. The van der Waals surface area contributed by atoms with Crippen molar-refractivity contribution in [2.75, 3.05) is 5.32 Å². The number of carbonyl (C=O) groups is 2. The van der Waals surface area contributed by atoms with Crippen molar-refractivity contribution < 1.29 is 18.8 Å². The number of esters is 1. The van der Waals surface area contributed by atoms with Gasteiger partial charge in [-0.05, 0) is 30.5 Å². The molecule has 0 aliphatic heterocycles. The van der Waals surface area contributed by atoms with Crippen LogP contribution in [-0.2, 0) is 20.7 Å². The number of ether oxygens (including phenoxy) is 1. The third kappa shape index (κ3) is 3.57. The Balaban J connectivity index is 1.42. The van der Waals surface area contributed by atoms with Crippen LogP contribution in [0.5, 0.6) is 0 Å². The number of benzene rings is 3. The first-order valence-corrected chi connectivity index (χ1v) is 8.93. The Labute approximate surface area is 161 Å². The van der Waals surface area contributed by atoms with E-state index >= 15 is 0 Å². The minimum absolute atomic E-state index is 0.0666. The van der Waals surface area contributed by atoms with Gasteiger partial charge in [0.15, 0.2) is 11.7 Å². The lowest BCUT2D eigenvalue weighted by Gasteiger charge is -2.14. The van der Waals surface area contributed by atoms with Gasteiger partial charge in [-0.15, -0.1) is 0 Å². The number of para-hydroxylation sites is 1. The van der Waals surface area contributed by atoms with E-state index in [1.807, 2.05) is 60.7 Å². The monoisotopic (exact) mass is 374 g/mol. The van der Waals surface area contributed by atoms with Crippen LogP contribution in [0.3, 0.4) is 0 Å². The zero-order valence-electron chi connectivity index (χ0n) is 15.2. The lowest BCUT2D eigenvalue weighted by Crippen LogP contribution is -2.30. The molecule has 1 aromatic heterocycles. The first-order chi connectivity index (χ1) is 13.6. The fraction of sp³-hybridized carbons (Fsp3) is 0.136. The predicted octanol–water partition coefficient (Wildman–Crippen LogP) is 4.09. The topological polar surface area (TPSA) is 81.4 Å². The van der Waals surface area contributed by atoms with Crippen molar-refractivity contribution in [3.8, 4) is 0 Å². The molecule has 0 radical (unpaired) electrons. The summed E-state index contributed by atoms with van der Waals surface area (Å²) in [5, 5.41) is 9.44. The van der Waals surface area contributed by atoms with Gasteiger partial charge in [0.2, 0.25) is 0 Å². The zero-order valence-corrected chi connectivity index (χ0v) is 15.2. The molecule has 0 aliphatic carbocycles. The van der Waals surface area contributed by atoms with Gasteiger partial charge in [0.05, 0.1) is 6.42 Å². The van der Waals surface area contributed by atoms with Crippen LogP contribution in [0.2, 0.25) is 0 Å². The fourth-order valence-electron chi connectivity index (χ4n) is 3.06. The third-order valence-electron chi connectivity index (χ3n) is 4.49. The average Bonchev–Trinajstić information content (AvgIpc) is 3.11. The summed E-state index contributed by atoms with van der Waals surface area (Å²) in [6, 6.07) is 20.7. The summed E-state index contributed by atoms with van der Waals surface area (Å²) in [4.78, 5) is 24.7. The molecule has 6 nitrogen and oxygen atoms in total. The van der Waals surface area contributed by atoms with Crippen LogP contribution >= 0.6 is 0 Å². The van der Waals surface area contributed by atoms with Crippen LogP contribution in [0.4, 0.5) is 5.69 Å². The van der Waals surface area contributed by atoms with Crippen molar-refractivity contribution in [1.82, 2.24) is 5.16 Å². The van der Waals surface area contributed by atoms with Crippen LogP contribution in [0.1, 0.15) is 12.6 Å². The molecule has 6 heteroatoms. The number of rotatable bonds is 5. The summed E-state index contributed by atoms with van der Waals surface area (Å²) in [5.41, 5.74) is 1.77. The van der Waals surface area contributed by atoms with E-state index in [0.29, 0.717) is 17.0 Å². The van der Waals surface area contributed by atoms with Gasteiger partial charge in [0.1, 0.15) is 5.69 Å². The number of nitrogens with zero attached hydrogens (tertiary/aromatic N) is 1. The highest BCUT2D eigenvalue weighted by molar-refractivity contribution is 6.03. The molecule has 4 rings (SSSR count). The highest BCUT2D eigenvalue weighted by atomic mass is 16.5. The largest absolute Gasteiger partial charge is 0.452 e. The molecule has 4 aromatic rings. The zero-order chi connectivity index (χ0) is 19.5. The maximum Gasteiger partial charge on any atom is 0.312 e. The number of hydrogen-bond donors (Lipinski definition) is 1. The van der Waals surface area contributed by atoms with E-state index in [-0.39, 0.29) is 6.42 Å². The van der Waals surface area contributed by atoms with E-state index in [4.69, 9.17) is 9.26 Å². The van der Waals surface area contributed by atoms with E-state index in [1.165, 1.54) is 0 Å². The third-order valence-corrected chi connectivity index (χ3v) is 4.49. The summed E-state index contributed by atoms with van der Waals surface area (Å²) in [6.07, 6.45) is -1.01. The second kappa shape index (κ2) is 7.52. The van der Waals surface area contributed by atoms with Crippen LogP contribution < -0.4 is 5.32 Å². The van der Waals surface area contributed by atoms with Crippen molar-refractivity contribution >= 4 is 39.3 Å². The van der Waals surface area contributed by atoms with Crippen LogP contribution in [0.15, 0.2) is 71.3 Å². The van der Waals surface area contributed by atoms with Gasteiger partial charge in [0.25, 0.3) is 5.91 Å². The quantitative estimate of drug-likeness (QED) is 0.532. The first-order valence-electron chi connectivity index (χ1n) is 8.93. The molecule has 0 spiro atoms. The minimum atomic E-state index is -0.940. The Morgan fingerprint density at radius 2 is 1.71 bits per heavy atom. The molecule has 1 N–H and O–H groups in total. The number of fused-ring (bicyclic) bond motifs is 2. The second-order valence-electron chi connectivity index (χ2n) is 6.45. The lowest BCUT2D eigenvalue weighted by atomic mass is 10.1. The van der Waals surface area contributed by atoms with Crippen molar-refractivity contribution in [3.05, 3.63) is 72.4 Å². The molecular formula is C22H18N2O4. The Morgan fingerprint density at radius 3 is 2.57 bits per heavy atom. The van der Waals surface area contributed by atoms with Crippen molar-refractivity contribution in [3.63, 3.8) is 0 Å². The predicted molar refractivity (Wildman–Crippen MR) is 106 cm³/mol. The number of carbonyl (C=O) groups excluding carboxylic acids is 2. The Bertz CT molecular complexity index is 1160. The van der Waals surface area contributed by atoms with Crippen molar-refractivity contribution in [2.45, 2.75) is 19.4 Å². The normalized spacial score (nSPS) is 12.0. The molecule has 1 amide bonds. The maximum atomic E-state index is 12.5. The molecular weight excluding hydrogens is 356 g/mol. The summed E-state index contributed by atoms with van der Waals surface area (Å²) in [6.45, 7) is 1.54. The van der Waals surface area contributed by atoms with Crippen molar-refractivity contribution in [1.29, 1.82) is 0 Å². The molecule has 140 valence electrons. The second-order valence-corrected chi connectivity index (χ2v) is 6.45. The molecule has 3 aromatic carbocycles. The van der Waals surface area contributed by atoms with Gasteiger partial charge in [-0.2, -0.15) is 0 Å². The van der Waals surface area contributed by atoms with Gasteiger partial charge < -0.3 is 14.6 Å². The van der Waals surface area contributed by atoms with Gasteiger partial charge >= 0.3 is 5.97 Å². The molecule has 0 saturated heterocycles. The van der Waals surface area contributed by atoms with Gasteiger partial charge in [-0.3, -0.25) is 9.59 Å². The molecule has 1 heterocycles. The minimum Gasteiger partial charge on any atom is -0.452 e. The van der Waals surface area contributed by atoms with E-state index in [2.05, 4.69) is 10.5 Å². The standard InChI is InChI=1S/C22H18N2O4/c1-14(22(26)23-18-11-6-8-15-7-2-3-9-16(15)18)27-21(25)13-19-17-10-4-5-12-20(17)28-24-19/h2-12,14H,13H2,1H3,(H,23,26)/t14-/m0/s1. The number of anilines is 1. The van der Waals surface area contributed by atoms with Gasteiger partial charge in [-0.1, -0.05) is 53.7 Å². The molecule has 0 bridgehead atoms. The summed E-state index contributed by atoms with van der Waals surface area (Å²) < 4.78 is 10.5. The Morgan fingerprint density at radius 1 is 1.00 bits per heavy atom. The number of amides is 1. The lowest BCUT2D eigenvalue weighted by molar-refractivity contribution is -0.152. The highest BCUT2D eigenvalue weighted by Gasteiger charge is 2.20. The van der Waals surface area contributed by atoms with Crippen molar-refractivity contribution in [2.24, 2.45) is 0 Å². The van der Waals surface area contributed by atoms with E-state index in [1.54, 1.807) is 13.0 Å². The fourth-order valence-corrected chi connectivity index (χ4v) is 3.06. The van der Waals surface area contributed by atoms with E-state index in [9.17, 15) is 9.59 Å². The van der Waals surface area contributed by atoms with E-state index < -0.39 is 18.0 Å². The summed E-state index contributed by atoms with van der Waals surface area (Å²) in [7, 11) is 0. The van der Waals surface area contributed by atoms with Crippen LogP contribution in [-0.4, -0.2) is 23.1 Å². The molecule has 0 aliphatic rings. The molecule has 0 saturated carbocycles. The smallest absolute Gasteiger partial charge is 0.312 e. The summed E-state index contributed by atoms with van der Waals surface area (Å²) in [5.74, 6) is -0.936. The van der Waals surface area contributed by atoms with Gasteiger partial charge in [-0.25, -0.2) is 0 Å². The maximum absolute atomic E-state index is 12.5. The van der Waals surface area contributed by atoms with Gasteiger partial charge in [0, 0.05) is 16.5 Å². The molecule has 0 unspecified atom stereocenters. The highest BCUT2D eigenvalue weighted by Crippen LogP contribution is 2.23. The first kappa shape index (κ1) is 17.7. The average molecular weight is 374 g/mol.